The van der Waals surface area contributed by atoms with Crippen LogP contribution >= 0.6 is 0 Å². The van der Waals surface area contributed by atoms with Gasteiger partial charge in [0.15, 0.2) is 6.61 Å². The van der Waals surface area contributed by atoms with Gasteiger partial charge in [-0.05, 0) is 71.9 Å². The molecule has 7 heteroatoms. The van der Waals surface area contributed by atoms with Gasteiger partial charge in [-0.25, -0.2) is 9.59 Å². The maximum atomic E-state index is 12.4. The minimum absolute atomic E-state index is 0.207. The van der Waals surface area contributed by atoms with Crippen LogP contribution in [0.2, 0.25) is 0 Å². The Morgan fingerprint density at radius 1 is 1.00 bits per heavy atom. The van der Waals surface area contributed by atoms with E-state index < -0.39 is 24.5 Å². The molecule has 0 radical (unpaired) electrons. The summed E-state index contributed by atoms with van der Waals surface area (Å²) < 4.78 is 12.3. The Bertz CT molecular complexity index is 895. The number of hydrogen-bond donors (Lipinski definition) is 1. The van der Waals surface area contributed by atoms with E-state index in [1.807, 2.05) is 32.3 Å². The van der Waals surface area contributed by atoms with Crippen LogP contribution in [-0.2, 0) is 14.3 Å². The van der Waals surface area contributed by atoms with Crippen molar-refractivity contribution in [3.8, 4) is 0 Å². The van der Waals surface area contributed by atoms with E-state index in [1.54, 1.807) is 44.2 Å². The molecule has 1 amide bonds. The van der Waals surface area contributed by atoms with E-state index in [-0.39, 0.29) is 12.1 Å². The molecule has 0 saturated carbocycles. The molecule has 0 saturated heterocycles. The first-order valence-corrected chi connectivity index (χ1v) is 9.56. The maximum Gasteiger partial charge on any atom is 0.340 e. The van der Waals surface area contributed by atoms with Gasteiger partial charge in [-0.2, -0.15) is 0 Å². The van der Waals surface area contributed by atoms with Crippen LogP contribution in [0.5, 0.6) is 0 Å². The van der Waals surface area contributed by atoms with Crippen molar-refractivity contribution >= 4 is 23.5 Å². The minimum atomic E-state index is -0.535. The van der Waals surface area contributed by atoms with Crippen molar-refractivity contribution in [3.63, 3.8) is 0 Å². The van der Waals surface area contributed by atoms with Crippen LogP contribution in [0.4, 0.5) is 5.69 Å². The van der Waals surface area contributed by atoms with Crippen molar-refractivity contribution in [2.24, 2.45) is 0 Å². The average Bonchev–Trinajstić information content (AvgIpc) is 2.94. The standard InChI is InChI=1S/C22H28N2O5/c1-13(2)24-15(5)11-19(16(24)6)22(27)28-12-20(25)23-18-9-7-17(8-10-18)21(26)29-14(3)4/h7-11,13-14H,12H2,1-6H3,(H,23,25). The molecule has 0 unspecified atom stereocenters. The number of rotatable bonds is 7. The minimum Gasteiger partial charge on any atom is -0.459 e. The number of nitrogens with zero attached hydrogens (tertiary/aromatic N) is 1. The summed E-state index contributed by atoms with van der Waals surface area (Å²) in [5, 5.41) is 2.63. The molecule has 1 aromatic carbocycles. The normalized spacial score (nSPS) is 10.9. The zero-order chi connectivity index (χ0) is 21.7. The number of nitrogens with one attached hydrogen (secondary N) is 1. The van der Waals surface area contributed by atoms with Gasteiger partial charge in [0.1, 0.15) is 0 Å². The number of aryl methyl sites for hydroxylation is 1. The third-order valence-electron chi connectivity index (χ3n) is 4.30. The summed E-state index contributed by atoms with van der Waals surface area (Å²) in [6.07, 6.45) is -0.207. The summed E-state index contributed by atoms with van der Waals surface area (Å²) in [6, 6.07) is 8.30. The fraction of sp³-hybridized carbons (Fsp3) is 0.409. The number of carbonyl (C=O) groups excluding carboxylic acids is 3. The van der Waals surface area contributed by atoms with Gasteiger partial charge in [0.2, 0.25) is 0 Å². The first kappa shape index (κ1) is 22.2. The van der Waals surface area contributed by atoms with Crippen LogP contribution in [0.15, 0.2) is 30.3 Å². The van der Waals surface area contributed by atoms with Crippen molar-refractivity contribution in [2.75, 3.05) is 11.9 Å². The van der Waals surface area contributed by atoms with E-state index in [0.29, 0.717) is 16.8 Å². The Hall–Kier alpha value is -3.09. The molecular weight excluding hydrogens is 372 g/mol. The molecular formula is C22H28N2O5. The molecule has 0 aliphatic heterocycles. The number of hydrogen-bond acceptors (Lipinski definition) is 5. The molecule has 2 rings (SSSR count). The lowest BCUT2D eigenvalue weighted by Crippen LogP contribution is -2.21. The first-order valence-electron chi connectivity index (χ1n) is 9.56. The van der Waals surface area contributed by atoms with Crippen LogP contribution in [0.3, 0.4) is 0 Å². The monoisotopic (exact) mass is 400 g/mol. The largest absolute Gasteiger partial charge is 0.459 e. The highest BCUT2D eigenvalue weighted by Crippen LogP contribution is 2.21. The molecule has 0 atom stereocenters. The highest BCUT2D eigenvalue weighted by Gasteiger charge is 2.19. The second kappa shape index (κ2) is 9.41. The summed E-state index contributed by atoms with van der Waals surface area (Å²) in [5.74, 6) is -1.42. The number of ether oxygens (including phenoxy) is 2. The lowest BCUT2D eigenvalue weighted by atomic mass is 10.2. The Morgan fingerprint density at radius 2 is 1.62 bits per heavy atom. The molecule has 0 spiro atoms. The van der Waals surface area contributed by atoms with Crippen LogP contribution in [0.25, 0.3) is 0 Å². The van der Waals surface area contributed by atoms with Crippen LogP contribution < -0.4 is 5.32 Å². The third kappa shape index (κ3) is 5.70. The summed E-state index contributed by atoms with van der Waals surface area (Å²) in [4.78, 5) is 36.3. The Labute approximate surface area is 171 Å². The number of benzene rings is 1. The van der Waals surface area contributed by atoms with E-state index >= 15 is 0 Å². The molecule has 7 nitrogen and oxygen atoms in total. The van der Waals surface area contributed by atoms with Gasteiger partial charge in [-0.1, -0.05) is 0 Å². The van der Waals surface area contributed by atoms with Crippen LogP contribution in [0, 0.1) is 13.8 Å². The Balaban J connectivity index is 1.92. The van der Waals surface area contributed by atoms with Crippen LogP contribution in [0.1, 0.15) is 65.8 Å². The predicted molar refractivity (Wildman–Crippen MR) is 110 cm³/mol. The second-order valence-electron chi connectivity index (χ2n) is 7.40. The quantitative estimate of drug-likeness (QED) is 0.709. The topological polar surface area (TPSA) is 86.6 Å². The van der Waals surface area contributed by atoms with E-state index in [1.165, 1.54) is 0 Å². The van der Waals surface area contributed by atoms with E-state index in [9.17, 15) is 14.4 Å². The fourth-order valence-corrected chi connectivity index (χ4v) is 3.16. The molecule has 29 heavy (non-hydrogen) atoms. The molecule has 0 aliphatic carbocycles. The summed E-state index contributed by atoms with van der Waals surface area (Å²) in [5.41, 5.74) is 3.11. The molecule has 0 fully saturated rings. The zero-order valence-corrected chi connectivity index (χ0v) is 17.7. The SMILES string of the molecule is Cc1cc(C(=O)OCC(=O)Nc2ccc(C(=O)OC(C)C)cc2)c(C)n1C(C)C. The number of esters is 2. The van der Waals surface area contributed by atoms with E-state index in [4.69, 9.17) is 9.47 Å². The Kier molecular flexibility index (Phi) is 7.20. The van der Waals surface area contributed by atoms with Crippen molar-refractivity contribution in [2.45, 2.75) is 53.7 Å². The van der Waals surface area contributed by atoms with Gasteiger partial charge in [-0.15, -0.1) is 0 Å². The van der Waals surface area contributed by atoms with Crippen molar-refractivity contribution < 1.29 is 23.9 Å². The molecule has 1 aromatic heterocycles. The summed E-state index contributed by atoms with van der Waals surface area (Å²) in [7, 11) is 0. The van der Waals surface area contributed by atoms with E-state index in [2.05, 4.69) is 5.32 Å². The number of aromatic nitrogens is 1. The molecule has 1 N–H and O–H groups in total. The number of amides is 1. The van der Waals surface area contributed by atoms with Gasteiger partial charge in [0.05, 0.1) is 17.2 Å². The number of carbonyl (C=O) groups is 3. The lowest BCUT2D eigenvalue weighted by Gasteiger charge is -2.13. The molecule has 156 valence electrons. The predicted octanol–water partition coefficient (Wildman–Crippen LogP) is 4.05. The number of anilines is 1. The zero-order valence-electron chi connectivity index (χ0n) is 17.7. The van der Waals surface area contributed by atoms with Gasteiger partial charge in [-0.3, -0.25) is 4.79 Å². The maximum absolute atomic E-state index is 12.4. The first-order chi connectivity index (χ1) is 13.6. The highest BCUT2D eigenvalue weighted by atomic mass is 16.5. The lowest BCUT2D eigenvalue weighted by molar-refractivity contribution is -0.119. The second-order valence-corrected chi connectivity index (χ2v) is 7.40. The highest BCUT2D eigenvalue weighted by molar-refractivity contribution is 5.96. The molecule has 0 aliphatic rings. The van der Waals surface area contributed by atoms with Gasteiger partial charge in [0.25, 0.3) is 5.91 Å². The average molecular weight is 400 g/mol. The van der Waals surface area contributed by atoms with Crippen molar-refractivity contribution in [1.29, 1.82) is 0 Å². The smallest absolute Gasteiger partial charge is 0.340 e. The molecule has 1 heterocycles. The van der Waals surface area contributed by atoms with Crippen molar-refractivity contribution in [3.05, 3.63) is 52.8 Å². The van der Waals surface area contributed by atoms with Gasteiger partial charge >= 0.3 is 11.9 Å². The van der Waals surface area contributed by atoms with Crippen molar-refractivity contribution in [1.82, 2.24) is 4.57 Å². The summed E-state index contributed by atoms with van der Waals surface area (Å²) >= 11 is 0. The van der Waals surface area contributed by atoms with Gasteiger partial charge in [0, 0.05) is 23.1 Å². The fourth-order valence-electron chi connectivity index (χ4n) is 3.16. The molecule has 2 aromatic rings. The summed E-state index contributed by atoms with van der Waals surface area (Å²) in [6.45, 7) is 11.0. The van der Waals surface area contributed by atoms with Crippen LogP contribution in [-0.4, -0.2) is 35.1 Å². The van der Waals surface area contributed by atoms with Gasteiger partial charge < -0.3 is 19.4 Å². The third-order valence-corrected chi connectivity index (χ3v) is 4.30. The Morgan fingerprint density at radius 3 is 2.14 bits per heavy atom. The van der Waals surface area contributed by atoms with E-state index in [0.717, 1.165) is 11.4 Å². The molecule has 0 bridgehead atoms.